The van der Waals surface area contributed by atoms with Crippen molar-refractivity contribution in [3.05, 3.63) is 77.8 Å². The van der Waals surface area contributed by atoms with Crippen LogP contribution in [0.5, 0.6) is 0 Å². The summed E-state index contributed by atoms with van der Waals surface area (Å²) in [5.74, 6) is 6.92. The van der Waals surface area contributed by atoms with E-state index in [0.717, 1.165) is 16.9 Å². The van der Waals surface area contributed by atoms with Crippen molar-refractivity contribution < 1.29 is 14.2 Å². The quantitative estimate of drug-likeness (QED) is 0.343. The van der Waals surface area contributed by atoms with Gasteiger partial charge >= 0.3 is 0 Å². The minimum atomic E-state index is -0.317. The Morgan fingerprint density at radius 3 is 2.62 bits per heavy atom. The first kappa shape index (κ1) is 24.1. The first-order chi connectivity index (χ1) is 18.0. The highest BCUT2D eigenvalue weighted by molar-refractivity contribution is 5.91. The monoisotopic (exact) mass is 497 g/mol. The van der Waals surface area contributed by atoms with E-state index in [4.69, 9.17) is 14.7 Å². The van der Waals surface area contributed by atoms with Crippen molar-refractivity contribution in [3.63, 3.8) is 0 Å². The number of aromatic nitrogens is 6. The predicted molar refractivity (Wildman–Crippen MR) is 138 cm³/mol. The van der Waals surface area contributed by atoms with Gasteiger partial charge in [-0.2, -0.15) is 5.10 Å². The maximum atomic E-state index is 13.5. The van der Waals surface area contributed by atoms with Crippen molar-refractivity contribution in [1.82, 2.24) is 29.3 Å². The number of aryl methyl sites for hydroxylation is 2. The van der Waals surface area contributed by atoms with Crippen molar-refractivity contribution in [2.45, 2.75) is 13.5 Å². The van der Waals surface area contributed by atoms with Crippen LogP contribution in [0.1, 0.15) is 17.1 Å². The average molecular weight is 498 g/mol. The molecule has 0 aliphatic rings. The van der Waals surface area contributed by atoms with Crippen LogP contribution in [0, 0.1) is 24.6 Å². The van der Waals surface area contributed by atoms with E-state index < -0.39 is 0 Å². The summed E-state index contributed by atoms with van der Waals surface area (Å²) < 4.78 is 22.0. The number of halogens is 1. The summed E-state index contributed by atoms with van der Waals surface area (Å²) in [4.78, 5) is 13.7. The predicted octanol–water partition coefficient (Wildman–Crippen LogP) is 3.90. The fourth-order valence-electron chi connectivity index (χ4n) is 4.00. The van der Waals surface area contributed by atoms with Crippen molar-refractivity contribution in [1.29, 1.82) is 0 Å². The number of methoxy groups -OCH3 is 1. The normalized spacial score (nSPS) is 10.9. The Bertz CT molecular complexity index is 1650. The number of aliphatic hydroxyl groups excluding tert-OH is 1. The van der Waals surface area contributed by atoms with Gasteiger partial charge in [0.2, 0.25) is 0 Å². The second-order valence-electron chi connectivity index (χ2n) is 8.33. The number of aliphatic hydroxyl groups is 1. The number of rotatable bonds is 6. The molecule has 0 aliphatic heterocycles. The molecule has 3 aromatic heterocycles. The second kappa shape index (κ2) is 10.2. The largest absolute Gasteiger partial charge is 0.392 e. The molecule has 2 N–H and O–H groups in total. The van der Waals surface area contributed by atoms with Gasteiger partial charge in [-0.3, -0.25) is 0 Å². The van der Waals surface area contributed by atoms with Gasteiger partial charge in [-0.1, -0.05) is 5.92 Å². The molecule has 5 aromatic rings. The molecular weight excluding hydrogens is 473 g/mol. The van der Waals surface area contributed by atoms with Crippen LogP contribution in [0.3, 0.4) is 0 Å². The summed E-state index contributed by atoms with van der Waals surface area (Å²) in [6.07, 6.45) is 1.61. The van der Waals surface area contributed by atoms with Gasteiger partial charge in [0.1, 0.15) is 41.6 Å². The fourth-order valence-corrected chi connectivity index (χ4v) is 4.00. The zero-order valence-electron chi connectivity index (χ0n) is 20.5. The number of imidazole rings is 1. The molecule has 9 nitrogen and oxygen atoms in total. The van der Waals surface area contributed by atoms with Crippen LogP contribution in [0.4, 0.5) is 15.8 Å². The minimum absolute atomic E-state index is 0.179. The lowest BCUT2D eigenvalue weighted by Gasteiger charge is -2.12. The van der Waals surface area contributed by atoms with Crippen LogP contribution in [-0.2, 0) is 18.4 Å². The summed E-state index contributed by atoms with van der Waals surface area (Å²) in [6, 6.07) is 13.6. The molecule has 0 fully saturated rings. The maximum absolute atomic E-state index is 13.5. The molecule has 0 aliphatic carbocycles. The van der Waals surface area contributed by atoms with Gasteiger partial charge in [-0.25, -0.2) is 24.0 Å². The van der Waals surface area contributed by atoms with Gasteiger partial charge in [0.25, 0.3) is 0 Å². The SMILES string of the molecule is COCC#Cc1cc(Nc2ccc(-n3cnc(C)n3)c(CO)c2)c2nc(-c3ccc(F)cc3)n(C)c2n1. The maximum Gasteiger partial charge on any atom is 0.163 e. The zero-order chi connectivity index (χ0) is 25.9. The molecule has 37 heavy (non-hydrogen) atoms. The van der Waals surface area contributed by atoms with Crippen molar-refractivity contribution in [3.8, 4) is 28.9 Å². The number of benzene rings is 2. The zero-order valence-corrected chi connectivity index (χ0v) is 20.5. The third-order valence-electron chi connectivity index (χ3n) is 5.74. The van der Waals surface area contributed by atoms with E-state index in [0.29, 0.717) is 39.8 Å². The fraction of sp³-hybridized carbons (Fsp3) is 0.185. The van der Waals surface area contributed by atoms with E-state index in [9.17, 15) is 9.50 Å². The number of pyridine rings is 1. The van der Waals surface area contributed by atoms with E-state index in [2.05, 4.69) is 27.2 Å². The molecule has 0 spiro atoms. The molecule has 0 atom stereocenters. The van der Waals surface area contributed by atoms with Crippen molar-refractivity contribution in [2.75, 3.05) is 19.0 Å². The van der Waals surface area contributed by atoms with Gasteiger partial charge in [-0.15, -0.1) is 0 Å². The minimum Gasteiger partial charge on any atom is -0.392 e. The number of ether oxygens (including phenoxy) is 1. The highest BCUT2D eigenvalue weighted by Gasteiger charge is 2.17. The van der Waals surface area contributed by atoms with Gasteiger partial charge in [0, 0.05) is 31.0 Å². The molecule has 3 heterocycles. The Morgan fingerprint density at radius 2 is 1.92 bits per heavy atom. The molecule has 0 radical (unpaired) electrons. The average Bonchev–Trinajstić information content (AvgIpc) is 3.48. The number of nitrogens with one attached hydrogen (secondary N) is 1. The lowest BCUT2D eigenvalue weighted by Crippen LogP contribution is -2.03. The Balaban J connectivity index is 1.60. The summed E-state index contributed by atoms with van der Waals surface area (Å²) in [6.45, 7) is 1.90. The third-order valence-corrected chi connectivity index (χ3v) is 5.74. The Kier molecular flexibility index (Phi) is 6.64. The number of anilines is 2. The number of nitrogens with zero attached hydrogens (tertiary/aromatic N) is 6. The highest BCUT2D eigenvalue weighted by Crippen LogP contribution is 2.31. The molecule has 10 heteroatoms. The number of fused-ring (bicyclic) bond motifs is 1. The van der Waals surface area contributed by atoms with E-state index in [1.807, 2.05) is 35.9 Å². The lowest BCUT2D eigenvalue weighted by atomic mass is 10.1. The summed E-state index contributed by atoms with van der Waals surface area (Å²) in [7, 11) is 3.44. The van der Waals surface area contributed by atoms with E-state index in [-0.39, 0.29) is 19.0 Å². The lowest BCUT2D eigenvalue weighted by molar-refractivity contribution is 0.240. The van der Waals surface area contributed by atoms with E-state index in [1.165, 1.54) is 12.1 Å². The number of hydrogen-bond acceptors (Lipinski definition) is 7. The van der Waals surface area contributed by atoms with Gasteiger partial charge in [-0.05, 0) is 61.4 Å². The summed E-state index contributed by atoms with van der Waals surface area (Å²) >= 11 is 0. The van der Waals surface area contributed by atoms with Crippen LogP contribution in [0.15, 0.2) is 54.9 Å². The van der Waals surface area contributed by atoms with Crippen LogP contribution in [-0.4, -0.2) is 48.1 Å². The summed E-state index contributed by atoms with van der Waals surface area (Å²) in [5, 5.41) is 17.8. The van der Waals surface area contributed by atoms with Crippen LogP contribution in [0.2, 0.25) is 0 Å². The molecule has 5 rings (SSSR count). The molecular formula is C27H24FN7O2. The van der Waals surface area contributed by atoms with Crippen molar-refractivity contribution in [2.24, 2.45) is 7.05 Å². The van der Waals surface area contributed by atoms with E-state index >= 15 is 0 Å². The third kappa shape index (κ3) is 4.91. The molecule has 0 saturated carbocycles. The molecule has 2 aromatic carbocycles. The van der Waals surface area contributed by atoms with Gasteiger partial charge in [0.05, 0.1) is 18.0 Å². The van der Waals surface area contributed by atoms with Crippen LogP contribution >= 0.6 is 0 Å². The first-order valence-corrected chi connectivity index (χ1v) is 11.5. The van der Waals surface area contributed by atoms with Gasteiger partial charge < -0.3 is 19.7 Å². The molecule has 0 saturated heterocycles. The smallest absolute Gasteiger partial charge is 0.163 e. The van der Waals surface area contributed by atoms with Gasteiger partial charge in [0.15, 0.2) is 5.65 Å². The second-order valence-corrected chi connectivity index (χ2v) is 8.33. The number of hydrogen-bond donors (Lipinski definition) is 2. The van der Waals surface area contributed by atoms with Crippen LogP contribution in [0.25, 0.3) is 28.2 Å². The molecule has 0 unspecified atom stereocenters. The van der Waals surface area contributed by atoms with Crippen molar-refractivity contribution >= 4 is 22.5 Å². The molecule has 186 valence electrons. The van der Waals surface area contributed by atoms with Crippen LogP contribution < -0.4 is 5.32 Å². The Labute approximate surface area is 212 Å². The Morgan fingerprint density at radius 1 is 1.11 bits per heavy atom. The molecule has 0 bridgehead atoms. The first-order valence-electron chi connectivity index (χ1n) is 11.5. The molecule has 0 amide bonds. The summed E-state index contributed by atoms with van der Waals surface area (Å²) in [5.41, 5.74) is 5.37. The van der Waals surface area contributed by atoms with E-state index in [1.54, 1.807) is 37.2 Å². The highest BCUT2D eigenvalue weighted by atomic mass is 19.1. The topological polar surface area (TPSA) is 103 Å². The standard InChI is InChI=1S/C27H24FN7O2/c1-17-29-16-35(33-17)24-11-10-22(13-19(24)15-36)30-23-14-21(5-4-12-37-3)31-27-25(23)32-26(34(27)2)18-6-8-20(28)9-7-18/h6-11,13-14,16,36H,12,15H2,1-3H3,(H,30,31). The Hall–Kier alpha value is -4.59.